The number of imide groups is 1. The smallest absolute Gasteiger partial charge is 0.254 e. The zero-order chi connectivity index (χ0) is 20.7. The number of fused-ring (bicyclic) bond motifs is 5. The van der Waals surface area contributed by atoms with E-state index >= 15 is 0 Å². The van der Waals surface area contributed by atoms with Gasteiger partial charge in [-0.15, -0.1) is 0 Å². The van der Waals surface area contributed by atoms with Crippen molar-refractivity contribution < 1.29 is 19.1 Å². The first-order chi connectivity index (χ1) is 14.0. The molecule has 1 heterocycles. The maximum Gasteiger partial charge on any atom is 0.254 e. The van der Waals surface area contributed by atoms with Gasteiger partial charge in [-0.3, -0.25) is 9.59 Å². The number of allylic oxidation sites excluding steroid dienone is 2. The van der Waals surface area contributed by atoms with Crippen LogP contribution in [0.3, 0.4) is 0 Å². The highest BCUT2D eigenvalue weighted by Gasteiger charge is 2.59. The first-order valence-corrected chi connectivity index (χ1v) is 10.4. The number of nitrogens with zero attached hydrogens (tertiary/aromatic N) is 3. The number of hydrazone groups is 1. The van der Waals surface area contributed by atoms with E-state index in [4.69, 9.17) is 26.3 Å². The molecule has 7 nitrogen and oxygen atoms in total. The molecule has 0 aromatic heterocycles. The van der Waals surface area contributed by atoms with Gasteiger partial charge in [-0.05, 0) is 47.2 Å². The number of carbonyl (C=O) groups excluding carboxylic acids is 2. The van der Waals surface area contributed by atoms with Gasteiger partial charge in [0.1, 0.15) is 11.1 Å². The third-order valence-electron chi connectivity index (χ3n) is 5.50. The molecule has 1 aliphatic heterocycles. The number of benzene rings is 1. The molecule has 4 atom stereocenters. The van der Waals surface area contributed by atoms with Gasteiger partial charge in [0.2, 0.25) is 0 Å². The van der Waals surface area contributed by atoms with Gasteiger partial charge in [0.05, 0.1) is 24.7 Å². The molecule has 1 aromatic rings. The minimum Gasteiger partial charge on any atom is -0.490 e. The van der Waals surface area contributed by atoms with Crippen LogP contribution in [-0.4, -0.2) is 36.3 Å². The molecule has 1 aromatic carbocycles. The Morgan fingerprint density at radius 2 is 1.97 bits per heavy atom. The maximum atomic E-state index is 12.7. The molecule has 4 rings (SSSR count). The highest BCUT2D eigenvalue weighted by atomic mass is 79.9. The van der Waals surface area contributed by atoms with Crippen molar-refractivity contribution >= 4 is 45.6 Å². The van der Waals surface area contributed by atoms with Crippen molar-refractivity contribution in [3.05, 3.63) is 33.3 Å². The van der Waals surface area contributed by atoms with Gasteiger partial charge in [0.15, 0.2) is 18.1 Å². The first kappa shape index (κ1) is 19.9. The monoisotopic (exact) mass is 477 g/mol. The zero-order valence-electron chi connectivity index (χ0n) is 15.5. The van der Waals surface area contributed by atoms with Gasteiger partial charge < -0.3 is 9.47 Å². The summed E-state index contributed by atoms with van der Waals surface area (Å²) in [5.41, 5.74) is 0.515. The van der Waals surface area contributed by atoms with Crippen molar-refractivity contribution in [2.45, 2.75) is 13.3 Å². The number of halogens is 2. The number of hydrogen-bond acceptors (Lipinski definition) is 6. The lowest BCUT2D eigenvalue weighted by Gasteiger charge is -2.15. The van der Waals surface area contributed by atoms with E-state index in [9.17, 15) is 9.59 Å². The lowest BCUT2D eigenvalue weighted by atomic mass is 9.85. The number of amides is 2. The maximum absolute atomic E-state index is 12.7. The average molecular weight is 479 g/mol. The van der Waals surface area contributed by atoms with E-state index in [-0.39, 0.29) is 52.9 Å². The van der Waals surface area contributed by atoms with Gasteiger partial charge in [-0.25, -0.2) is 0 Å². The van der Waals surface area contributed by atoms with Crippen LogP contribution in [0.5, 0.6) is 11.5 Å². The van der Waals surface area contributed by atoms with Gasteiger partial charge in [-0.2, -0.15) is 15.4 Å². The molecular weight excluding hydrogens is 462 g/mol. The van der Waals surface area contributed by atoms with E-state index in [0.29, 0.717) is 22.4 Å². The fourth-order valence-electron chi connectivity index (χ4n) is 4.32. The Morgan fingerprint density at radius 1 is 1.31 bits per heavy atom. The normalized spacial score (nSPS) is 27.0. The molecule has 1 saturated heterocycles. The Kier molecular flexibility index (Phi) is 5.36. The highest BCUT2D eigenvalue weighted by Crippen LogP contribution is 2.52. The first-order valence-electron chi connectivity index (χ1n) is 9.22. The molecule has 2 aliphatic carbocycles. The van der Waals surface area contributed by atoms with E-state index in [1.165, 1.54) is 6.21 Å². The van der Waals surface area contributed by atoms with Crippen LogP contribution in [0.15, 0.2) is 27.8 Å². The van der Waals surface area contributed by atoms with Crippen LogP contribution in [0.4, 0.5) is 0 Å². The summed E-state index contributed by atoms with van der Waals surface area (Å²) >= 11 is 9.76. The quantitative estimate of drug-likeness (QED) is 0.354. The lowest BCUT2D eigenvalue weighted by molar-refractivity contribution is -0.140. The number of carbonyl (C=O) groups is 2. The molecule has 0 radical (unpaired) electrons. The third-order valence-corrected chi connectivity index (χ3v) is 6.94. The van der Waals surface area contributed by atoms with Crippen molar-refractivity contribution in [1.82, 2.24) is 5.01 Å². The highest BCUT2D eigenvalue weighted by molar-refractivity contribution is 9.10. The van der Waals surface area contributed by atoms with Crippen LogP contribution in [0, 0.1) is 35.0 Å². The molecule has 0 spiro atoms. The van der Waals surface area contributed by atoms with Crippen LogP contribution in [0.25, 0.3) is 0 Å². The zero-order valence-corrected chi connectivity index (χ0v) is 17.8. The molecule has 150 valence electrons. The fourth-order valence-corrected chi connectivity index (χ4v) is 4.97. The Bertz CT molecular complexity index is 957. The topological polar surface area (TPSA) is 92.0 Å². The number of nitriles is 1. The van der Waals surface area contributed by atoms with Crippen molar-refractivity contribution in [2.75, 3.05) is 13.2 Å². The summed E-state index contributed by atoms with van der Waals surface area (Å²) in [4.78, 5) is 25.5. The Balaban J connectivity index is 1.62. The van der Waals surface area contributed by atoms with Crippen LogP contribution in [0.2, 0.25) is 5.02 Å². The molecular formula is C20H17BrClN3O4. The average Bonchev–Trinajstić information content (AvgIpc) is 3.38. The molecule has 2 bridgehead atoms. The second kappa shape index (κ2) is 7.81. The number of hydrogen-bond donors (Lipinski definition) is 0. The van der Waals surface area contributed by atoms with E-state index in [1.54, 1.807) is 13.0 Å². The van der Waals surface area contributed by atoms with Crippen LogP contribution in [0.1, 0.15) is 18.9 Å². The fraction of sp³-hybridized carbons (Fsp3) is 0.400. The van der Waals surface area contributed by atoms with Crippen molar-refractivity contribution in [2.24, 2.45) is 28.8 Å². The molecule has 0 N–H and O–H groups in total. The molecule has 2 amide bonds. The predicted molar refractivity (Wildman–Crippen MR) is 109 cm³/mol. The standard InChI is InChI=1S/C20H17BrClN3O4/c1-2-28-13-8-12(16(21)17(22)18(13)29-6-5-23)9-24-25-19(26)14-10-3-4-11(7-10)15(14)20(25)27/h3-4,8-11,14-15H,2,6-7H2,1H3. The molecule has 9 heteroatoms. The minimum absolute atomic E-state index is 0.129. The SMILES string of the molecule is CCOc1cc(C=NN2C(=O)C3C4C=CC(C4)C3C2=O)c(Br)c(Cl)c1OCC#N. The summed E-state index contributed by atoms with van der Waals surface area (Å²) in [5, 5.41) is 14.1. The van der Waals surface area contributed by atoms with E-state index in [2.05, 4.69) is 21.0 Å². The summed E-state index contributed by atoms with van der Waals surface area (Å²) in [5.74, 6) is -0.276. The second-order valence-electron chi connectivity index (χ2n) is 7.03. The van der Waals surface area contributed by atoms with E-state index in [0.717, 1.165) is 11.4 Å². The number of rotatable bonds is 6. The number of ether oxygens (including phenoxy) is 2. The van der Waals surface area contributed by atoms with Gasteiger partial charge in [0.25, 0.3) is 11.8 Å². The lowest BCUT2D eigenvalue weighted by Crippen LogP contribution is -2.28. The minimum atomic E-state index is -0.303. The largest absolute Gasteiger partial charge is 0.490 e. The molecule has 3 aliphatic rings. The van der Waals surface area contributed by atoms with Crippen LogP contribution in [-0.2, 0) is 9.59 Å². The Labute approximate surface area is 181 Å². The summed E-state index contributed by atoms with van der Waals surface area (Å²) in [6.07, 6.45) is 6.34. The van der Waals surface area contributed by atoms with E-state index < -0.39 is 0 Å². The summed E-state index contributed by atoms with van der Waals surface area (Å²) in [6.45, 7) is 1.98. The molecule has 4 unspecified atom stereocenters. The predicted octanol–water partition coefficient (Wildman–Crippen LogP) is 3.54. The van der Waals surface area contributed by atoms with Crippen molar-refractivity contribution in [3.63, 3.8) is 0 Å². The second-order valence-corrected chi connectivity index (χ2v) is 8.20. The Hall–Kier alpha value is -2.37. The van der Waals surface area contributed by atoms with Crippen molar-refractivity contribution in [3.8, 4) is 17.6 Å². The van der Waals surface area contributed by atoms with Gasteiger partial charge >= 0.3 is 0 Å². The Morgan fingerprint density at radius 3 is 2.55 bits per heavy atom. The molecule has 1 saturated carbocycles. The molecule has 29 heavy (non-hydrogen) atoms. The van der Waals surface area contributed by atoms with E-state index in [1.807, 2.05) is 18.2 Å². The summed E-state index contributed by atoms with van der Waals surface area (Å²) in [7, 11) is 0. The van der Waals surface area contributed by atoms with Crippen molar-refractivity contribution in [1.29, 1.82) is 5.26 Å². The summed E-state index contributed by atoms with van der Waals surface area (Å²) < 4.78 is 11.4. The van der Waals surface area contributed by atoms with Crippen LogP contribution < -0.4 is 9.47 Å². The molecule has 2 fully saturated rings. The van der Waals surface area contributed by atoms with Crippen LogP contribution >= 0.6 is 27.5 Å². The third kappa shape index (κ3) is 3.22. The van der Waals surface area contributed by atoms with Gasteiger partial charge in [0, 0.05) is 10.0 Å². The van der Waals surface area contributed by atoms with Gasteiger partial charge in [-0.1, -0.05) is 23.8 Å². The summed E-state index contributed by atoms with van der Waals surface area (Å²) in [6, 6.07) is 3.52.